The highest BCUT2D eigenvalue weighted by Gasteiger charge is 2.80. The Morgan fingerprint density at radius 3 is 1.30 bits per heavy atom. The van der Waals surface area contributed by atoms with Crippen molar-refractivity contribution in [3.8, 4) is 44.9 Å². The first-order chi connectivity index (χ1) is 36.8. The molecule has 0 saturated heterocycles. The molecule has 8 aromatic carbocycles. The van der Waals surface area contributed by atoms with Crippen LogP contribution in [0, 0.1) is 70.1 Å². The second-order valence-electron chi connectivity index (χ2n) is 22.9. The fourth-order valence-electron chi connectivity index (χ4n) is 14.8. The number of hydrogen-bond donors (Lipinski definition) is 0. The zero-order chi connectivity index (χ0) is 51.9. The molecule has 1 spiro atoms. The number of carbonyl (C=O) groups is 2. The predicted octanol–water partition coefficient (Wildman–Crippen LogP) is 18.6. The van der Waals surface area contributed by atoms with E-state index in [1.165, 1.54) is 68.9 Å². The molecule has 0 aliphatic heterocycles. The Kier molecular flexibility index (Phi) is 11.6. The lowest BCUT2D eigenvalue weighted by Crippen LogP contribution is -2.23. The molecule has 14 rings (SSSR count). The Bertz CT molecular complexity index is 3660. The van der Waals surface area contributed by atoms with Gasteiger partial charge in [0.1, 0.15) is 45.9 Å². The fraction of sp³-hybridized carbons (Fsp3) is 0.303. The molecule has 4 nitrogen and oxygen atoms in total. The van der Waals surface area contributed by atoms with Crippen molar-refractivity contribution in [2.24, 2.45) is 46.8 Å². The quantitative estimate of drug-likeness (QED) is 0.0778. The Morgan fingerprint density at radius 1 is 0.500 bits per heavy atom. The minimum atomic E-state index is -1.30. The van der Waals surface area contributed by atoms with Gasteiger partial charge in [-0.3, -0.25) is 0 Å². The first-order valence-electron chi connectivity index (χ1n) is 26.9. The molecule has 0 heterocycles. The van der Waals surface area contributed by atoms with Crippen molar-refractivity contribution < 1.29 is 36.6 Å². The number of carbonyl (C=O) groups excluding carboxylic acids is 2. The predicted molar refractivity (Wildman–Crippen MR) is 295 cm³/mol. The van der Waals surface area contributed by atoms with Gasteiger partial charge in [0.2, 0.25) is 0 Å². The third-order valence-corrected chi connectivity index (χ3v) is 20.0. The highest BCUT2D eigenvalue weighted by molar-refractivity contribution is 9.10. The van der Waals surface area contributed by atoms with Crippen molar-refractivity contribution in [3.63, 3.8) is 0 Å². The fourth-order valence-corrected chi connectivity index (χ4v) is 15.6. The van der Waals surface area contributed by atoms with E-state index >= 15 is 17.6 Å². The van der Waals surface area contributed by atoms with Gasteiger partial charge >= 0.3 is 11.9 Å². The average Bonchev–Trinajstić information content (AvgIpc) is 3.64. The highest BCUT2D eigenvalue weighted by Crippen LogP contribution is 2.85. The van der Waals surface area contributed by atoms with E-state index in [2.05, 4.69) is 87.3 Å². The van der Waals surface area contributed by atoms with Crippen molar-refractivity contribution >= 4 is 65.3 Å². The topological polar surface area (TPSA) is 52.6 Å². The Hall–Kier alpha value is -6.10. The van der Waals surface area contributed by atoms with E-state index in [4.69, 9.17) is 9.47 Å². The lowest BCUT2D eigenvalue weighted by Gasteiger charge is -2.34. The van der Waals surface area contributed by atoms with Gasteiger partial charge in [-0.1, -0.05) is 124 Å². The summed E-state index contributed by atoms with van der Waals surface area (Å²) in [5.74, 6) is 0.604. The second kappa shape index (κ2) is 18.3. The third-order valence-electron chi connectivity index (χ3n) is 19.0. The van der Waals surface area contributed by atoms with Crippen LogP contribution in [0.4, 0.5) is 17.6 Å². The van der Waals surface area contributed by atoms with Crippen LogP contribution in [0.3, 0.4) is 0 Å². The van der Waals surface area contributed by atoms with Crippen LogP contribution < -0.4 is 9.47 Å². The standard InChI is InChI=1S/C66H52Br2F4O4/c1-33-62-63(33)66(62)24-22-39(23-25-66)36-4-8-38(9-5-36)42-15-19-48-44(27-42)17-21-56(76-65(74)61-53(71)30-46(68)31-54(61)72)59(48)58-47-18-14-41(26-43(47)16-20-55(58)75-64(73)60-51(69)28-45(67)29-52(60)70)37-6-2-34(3-7-37)35-10-12-40(13-11-35)57-49-32-50(49)57/h2-9,14-21,26-31,33,35,39-40,49-50,57,62-63H,10-13,22-25,32H2,1H3/t33?,35-,39?,40-,49?,50?,57?,62?,63?,66?. The van der Waals surface area contributed by atoms with Gasteiger partial charge in [0.05, 0.1) is 0 Å². The first-order valence-corrected chi connectivity index (χ1v) is 28.5. The maximum absolute atomic E-state index is 15.5. The van der Waals surface area contributed by atoms with Gasteiger partial charge in [-0.2, -0.15) is 0 Å². The number of halogens is 6. The molecule has 76 heavy (non-hydrogen) atoms. The minimum Gasteiger partial charge on any atom is -0.422 e. The van der Waals surface area contributed by atoms with Crippen molar-refractivity contribution in [1.29, 1.82) is 0 Å². The number of hydrogen-bond acceptors (Lipinski definition) is 4. The molecule has 382 valence electrons. The molecule has 4 atom stereocenters. The molecule has 4 unspecified atom stereocenters. The van der Waals surface area contributed by atoms with Crippen LogP contribution in [0.25, 0.3) is 54.9 Å². The van der Waals surface area contributed by atoms with Crippen LogP contribution in [-0.4, -0.2) is 11.9 Å². The first kappa shape index (κ1) is 48.3. The van der Waals surface area contributed by atoms with E-state index in [0.717, 1.165) is 87.9 Å². The number of benzene rings is 8. The third kappa shape index (κ3) is 8.25. The highest BCUT2D eigenvalue weighted by atomic mass is 79.9. The molecule has 0 amide bonds. The maximum Gasteiger partial charge on any atom is 0.349 e. The van der Waals surface area contributed by atoms with E-state index in [9.17, 15) is 9.59 Å². The van der Waals surface area contributed by atoms with Crippen molar-refractivity contribution in [3.05, 3.63) is 188 Å². The SMILES string of the molecule is CC1C2C1C21CCC(c2ccc(-c3ccc4c(-c5c(OC(=O)c6c(F)cc(Br)cc6F)ccc6cc(-c7ccc([C@H]8CC[C@H](C9C%10CC%109)CC8)cc7)ccc56)c(OC(=O)c5c(F)cc(Br)cc5F)ccc4c3)cc2)CC1. The van der Waals surface area contributed by atoms with Crippen LogP contribution in [0.1, 0.15) is 108 Å². The number of rotatable bonds is 10. The van der Waals surface area contributed by atoms with Gasteiger partial charge in [0.15, 0.2) is 0 Å². The van der Waals surface area contributed by atoms with Gasteiger partial charge in [-0.25, -0.2) is 27.2 Å². The van der Waals surface area contributed by atoms with Crippen molar-refractivity contribution in [1.82, 2.24) is 0 Å². The van der Waals surface area contributed by atoms with Crippen LogP contribution in [-0.2, 0) is 0 Å². The summed E-state index contributed by atoms with van der Waals surface area (Å²) in [6.07, 6.45) is 11.6. The van der Waals surface area contributed by atoms with Gasteiger partial charge in [0, 0.05) is 20.1 Å². The Balaban J connectivity index is 0.856. The molecule has 0 radical (unpaired) electrons. The van der Waals surface area contributed by atoms with Crippen LogP contribution in [0.15, 0.2) is 142 Å². The van der Waals surface area contributed by atoms with E-state index in [-0.39, 0.29) is 31.6 Å². The summed E-state index contributed by atoms with van der Waals surface area (Å²) in [5.41, 5.74) is 5.90. The molecule has 0 N–H and O–H groups in total. The molecule has 6 saturated carbocycles. The lowest BCUT2D eigenvalue weighted by atomic mass is 9.70. The summed E-state index contributed by atoms with van der Waals surface area (Å²) in [5, 5.41) is 2.50. The summed E-state index contributed by atoms with van der Waals surface area (Å²) in [7, 11) is 0. The van der Waals surface area contributed by atoms with E-state index in [1.54, 1.807) is 24.3 Å². The normalized spacial score (nSPS) is 26.7. The molecule has 6 aliphatic carbocycles. The van der Waals surface area contributed by atoms with Gasteiger partial charge in [-0.15, -0.1) is 0 Å². The smallest absolute Gasteiger partial charge is 0.349 e. The largest absolute Gasteiger partial charge is 0.422 e. The molecule has 10 heteroatoms. The van der Waals surface area contributed by atoms with Crippen LogP contribution >= 0.6 is 31.9 Å². The van der Waals surface area contributed by atoms with Gasteiger partial charge < -0.3 is 9.47 Å². The molecular weight excluding hydrogens is 1090 g/mol. The molecule has 6 fully saturated rings. The molecular formula is C66H52Br2F4O4. The van der Waals surface area contributed by atoms with Gasteiger partial charge in [0.25, 0.3) is 0 Å². The minimum absolute atomic E-state index is 0.0977. The van der Waals surface area contributed by atoms with E-state index in [0.29, 0.717) is 38.8 Å². The zero-order valence-electron chi connectivity index (χ0n) is 41.7. The van der Waals surface area contributed by atoms with Crippen LogP contribution in [0.5, 0.6) is 11.5 Å². The zero-order valence-corrected chi connectivity index (χ0v) is 44.8. The summed E-state index contributed by atoms with van der Waals surface area (Å²) in [6, 6.07) is 39.8. The molecule has 8 aromatic rings. The lowest BCUT2D eigenvalue weighted by molar-refractivity contribution is 0.0712. The van der Waals surface area contributed by atoms with Crippen molar-refractivity contribution in [2.75, 3.05) is 0 Å². The summed E-state index contributed by atoms with van der Waals surface area (Å²) in [6.45, 7) is 2.40. The second-order valence-corrected chi connectivity index (χ2v) is 24.8. The average molecular weight is 1140 g/mol. The summed E-state index contributed by atoms with van der Waals surface area (Å²) < 4.78 is 74.1. The molecule has 6 aliphatic rings. The number of esters is 2. The summed E-state index contributed by atoms with van der Waals surface area (Å²) in [4.78, 5) is 28.1. The number of ether oxygens (including phenoxy) is 2. The molecule has 0 aromatic heterocycles. The Morgan fingerprint density at radius 2 is 0.908 bits per heavy atom. The summed E-state index contributed by atoms with van der Waals surface area (Å²) >= 11 is 6.19. The van der Waals surface area contributed by atoms with E-state index < -0.39 is 46.3 Å². The Labute approximate surface area is 455 Å². The van der Waals surface area contributed by atoms with Gasteiger partial charge in [-0.05, 0) is 220 Å². The monoisotopic (exact) mass is 1140 g/mol. The van der Waals surface area contributed by atoms with Crippen LogP contribution in [0.2, 0.25) is 0 Å². The maximum atomic E-state index is 15.5. The molecule has 0 bridgehead atoms. The van der Waals surface area contributed by atoms with Crippen molar-refractivity contribution in [2.45, 2.75) is 76.5 Å². The number of fused-ring (bicyclic) bond motifs is 6. The van der Waals surface area contributed by atoms with E-state index in [1.807, 2.05) is 36.4 Å².